The number of aliphatic hydroxyl groups excluding tert-OH is 1. The van der Waals surface area contributed by atoms with Crippen LogP contribution in [-0.4, -0.2) is 30.5 Å². The van der Waals surface area contributed by atoms with E-state index in [2.05, 4.69) is 50.5 Å². The molecule has 0 aliphatic rings. The first kappa shape index (κ1) is 18.6. The monoisotopic (exact) mass is 313 g/mol. The van der Waals surface area contributed by atoms with E-state index in [4.69, 9.17) is 4.74 Å². The maximum atomic E-state index is 10.1. The first-order valence-corrected chi connectivity index (χ1v) is 8.97. The van der Waals surface area contributed by atoms with E-state index in [0.29, 0.717) is 25.1 Å². The lowest BCUT2D eigenvalue weighted by molar-refractivity contribution is -0.00934. The Bertz CT molecular complexity index is 354. The summed E-state index contributed by atoms with van der Waals surface area (Å²) in [6.45, 7) is 9.63. The van der Waals surface area contributed by atoms with E-state index < -0.39 is 6.10 Å². The number of thiophene rings is 1. The van der Waals surface area contributed by atoms with Gasteiger partial charge in [-0.25, -0.2) is 0 Å². The number of hydrogen-bond donors (Lipinski definition) is 2. The highest BCUT2D eigenvalue weighted by Crippen LogP contribution is 2.23. The second-order valence-corrected chi connectivity index (χ2v) is 7.17. The Hall–Kier alpha value is -0.420. The van der Waals surface area contributed by atoms with Crippen molar-refractivity contribution in [3.8, 4) is 0 Å². The standard InChI is InChI=1S/C17H31NO2S/c1-5-7-16(17-8-6-9-21-17)18-11-15(19)12-20-14(4)10-13(2)3/h6,8-9,13-16,18-19H,5,7,10-12H2,1-4H3. The molecule has 1 heterocycles. The van der Waals surface area contributed by atoms with Gasteiger partial charge in [-0.3, -0.25) is 0 Å². The van der Waals surface area contributed by atoms with Gasteiger partial charge >= 0.3 is 0 Å². The summed E-state index contributed by atoms with van der Waals surface area (Å²) in [4.78, 5) is 1.35. The molecule has 4 heteroatoms. The van der Waals surface area contributed by atoms with Gasteiger partial charge in [0.1, 0.15) is 0 Å². The lowest BCUT2D eigenvalue weighted by Gasteiger charge is -2.21. The second-order valence-electron chi connectivity index (χ2n) is 6.19. The summed E-state index contributed by atoms with van der Waals surface area (Å²) in [6.07, 6.45) is 3.03. The third-order valence-electron chi connectivity index (χ3n) is 3.44. The number of aliphatic hydroxyl groups is 1. The van der Waals surface area contributed by atoms with Crippen molar-refractivity contribution in [2.75, 3.05) is 13.2 Å². The van der Waals surface area contributed by atoms with E-state index in [1.165, 1.54) is 4.88 Å². The molecule has 0 spiro atoms. The lowest BCUT2D eigenvalue weighted by Crippen LogP contribution is -2.34. The Morgan fingerprint density at radius 1 is 1.33 bits per heavy atom. The molecule has 0 radical (unpaired) electrons. The highest BCUT2D eigenvalue weighted by molar-refractivity contribution is 7.10. The summed E-state index contributed by atoms with van der Waals surface area (Å²) in [7, 11) is 0. The van der Waals surface area contributed by atoms with Crippen molar-refractivity contribution < 1.29 is 9.84 Å². The van der Waals surface area contributed by atoms with E-state index >= 15 is 0 Å². The Kier molecular flexibility index (Phi) is 9.16. The Morgan fingerprint density at radius 2 is 2.10 bits per heavy atom. The highest BCUT2D eigenvalue weighted by Gasteiger charge is 2.14. The summed E-state index contributed by atoms with van der Waals surface area (Å²) in [5, 5.41) is 15.6. The smallest absolute Gasteiger partial charge is 0.0898 e. The molecule has 1 aromatic heterocycles. The van der Waals surface area contributed by atoms with Gasteiger partial charge in [-0.2, -0.15) is 0 Å². The van der Waals surface area contributed by atoms with E-state index in [1.807, 2.05) is 0 Å². The molecule has 0 aromatic carbocycles. The average molecular weight is 314 g/mol. The lowest BCUT2D eigenvalue weighted by atomic mass is 10.1. The molecule has 0 amide bonds. The molecule has 21 heavy (non-hydrogen) atoms. The van der Waals surface area contributed by atoms with Gasteiger partial charge in [-0.15, -0.1) is 11.3 Å². The number of ether oxygens (including phenoxy) is 1. The van der Waals surface area contributed by atoms with Gasteiger partial charge in [0.25, 0.3) is 0 Å². The van der Waals surface area contributed by atoms with Crippen LogP contribution in [0.25, 0.3) is 0 Å². The Balaban J connectivity index is 2.28. The molecule has 0 aliphatic carbocycles. The summed E-state index contributed by atoms with van der Waals surface area (Å²) in [5.74, 6) is 0.628. The molecule has 3 unspecified atom stereocenters. The molecule has 3 atom stereocenters. The van der Waals surface area contributed by atoms with E-state index in [-0.39, 0.29) is 6.10 Å². The fourth-order valence-electron chi connectivity index (χ4n) is 2.47. The number of hydrogen-bond acceptors (Lipinski definition) is 4. The predicted octanol–water partition coefficient (Wildman–Crippen LogP) is 3.99. The van der Waals surface area contributed by atoms with Crippen molar-refractivity contribution in [3.63, 3.8) is 0 Å². The van der Waals surface area contributed by atoms with Crippen LogP contribution in [0.3, 0.4) is 0 Å². The minimum absolute atomic E-state index is 0.211. The zero-order valence-corrected chi connectivity index (χ0v) is 14.7. The summed E-state index contributed by atoms with van der Waals surface area (Å²) in [6, 6.07) is 4.58. The van der Waals surface area contributed by atoms with Gasteiger partial charge < -0.3 is 15.2 Å². The van der Waals surface area contributed by atoms with Gasteiger partial charge in [0, 0.05) is 17.5 Å². The number of rotatable bonds is 11. The van der Waals surface area contributed by atoms with Crippen LogP contribution in [0.4, 0.5) is 0 Å². The van der Waals surface area contributed by atoms with Crippen LogP contribution < -0.4 is 5.32 Å². The normalized spacial score (nSPS) is 16.1. The SMILES string of the molecule is CCCC(NCC(O)COC(C)CC(C)C)c1cccs1. The zero-order valence-electron chi connectivity index (χ0n) is 13.8. The zero-order chi connectivity index (χ0) is 15.7. The summed E-state index contributed by atoms with van der Waals surface area (Å²) in [5.41, 5.74) is 0. The molecule has 0 bridgehead atoms. The minimum Gasteiger partial charge on any atom is -0.389 e. The molecule has 1 aromatic rings. The van der Waals surface area contributed by atoms with Crippen molar-refractivity contribution in [2.24, 2.45) is 5.92 Å². The molecule has 0 saturated carbocycles. The average Bonchev–Trinajstić information content (AvgIpc) is 2.94. The Morgan fingerprint density at radius 3 is 2.67 bits per heavy atom. The fourth-order valence-corrected chi connectivity index (χ4v) is 3.30. The van der Waals surface area contributed by atoms with Gasteiger partial charge in [0.15, 0.2) is 0 Å². The van der Waals surface area contributed by atoms with Crippen LogP contribution in [0.15, 0.2) is 17.5 Å². The molecule has 1 rings (SSSR count). The predicted molar refractivity (Wildman–Crippen MR) is 90.8 cm³/mol. The van der Waals surface area contributed by atoms with Gasteiger partial charge in [-0.05, 0) is 37.1 Å². The second kappa shape index (κ2) is 10.3. The maximum Gasteiger partial charge on any atom is 0.0898 e. The van der Waals surface area contributed by atoms with Gasteiger partial charge in [0.05, 0.1) is 18.8 Å². The number of nitrogens with one attached hydrogen (secondary N) is 1. The van der Waals surface area contributed by atoms with Crippen molar-refractivity contribution >= 4 is 11.3 Å². The molecule has 122 valence electrons. The third-order valence-corrected chi connectivity index (χ3v) is 4.43. The quantitative estimate of drug-likeness (QED) is 0.649. The fraction of sp³-hybridized carbons (Fsp3) is 0.765. The summed E-state index contributed by atoms with van der Waals surface area (Å²) >= 11 is 1.77. The highest BCUT2D eigenvalue weighted by atomic mass is 32.1. The van der Waals surface area contributed by atoms with Crippen molar-refractivity contribution in [2.45, 2.75) is 65.2 Å². The molecule has 0 saturated heterocycles. The van der Waals surface area contributed by atoms with E-state index in [9.17, 15) is 5.11 Å². The molecule has 2 N–H and O–H groups in total. The van der Waals surface area contributed by atoms with Crippen LogP contribution in [0.2, 0.25) is 0 Å². The first-order chi connectivity index (χ1) is 10.0. The topological polar surface area (TPSA) is 41.5 Å². The van der Waals surface area contributed by atoms with Crippen LogP contribution >= 0.6 is 11.3 Å². The molecular weight excluding hydrogens is 282 g/mol. The maximum absolute atomic E-state index is 10.1. The minimum atomic E-state index is -0.445. The largest absolute Gasteiger partial charge is 0.389 e. The van der Waals surface area contributed by atoms with Crippen molar-refractivity contribution in [1.82, 2.24) is 5.32 Å². The molecule has 0 fully saturated rings. The van der Waals surface area contributed by atoms with Crippen LogP contribution in [0, 0.1) is 5.92 Å². The van der Waals surface area contributed by atoms with Crippen LogP contribution in [-0.2, 0) is 4.74 Å². The molecular formula is C17H31NO2S. The van der Waals surface area contributed by atoms with Crippen molar-refractivity contribution in [3.05, 3.63) is 22.4 Å². The van der Waals surface area contributed by atoms with Crippen LogP contribution in [0.1, 0.15) is 57.9 Å². The van der Waals surface area contributed by atoms with Crippen LogP contribution in [0.5, 0.6) is 0 Å². The molecule has 0 aliphatic heterocycles. The Labute approximate surface area is 133 Å². The van der Waals surface area contributed by atoms with Gasteiger partial charge in [0.2, 0.25) is 0 Å². The van der Waals surface area contributed by atoms with E-state index in [0.717, 1.165) is 19.3 Å². The third kappa shape index (κ3) is 7.96. The summed E-state index contributed by atoms with van der Waals surface area (Å²) < 4.78 is 5.71. The van der Waals surface area contributed by atoms with E-state index in [1.54, 1.807) is 11.3 Å². The van der Waals surface area contributed by atoms with Gasteiger partial charge in [-0.1, -0.05) is 33.3 Å². The molecule has 3 nitrogen and oxygen atoms in total. The first-order valence-electron chi connectivity index (χ1n) is 8.09. The van der Waals surface area contributed by atoms with Crippen molar-refractivity contribution in [1.29, 1.82) is 0 Å².